The fourth-order valence-electron chi connectivity index (χ4n) is 2.66. The van der Waals surface area contributed by atoms with Crippen molar-refractivity contribution in [3.8, 4) is 11.5 Å². The maximum Gasteiger partial charge on any atom is 0.269 e. The number of ether oxygens (including phenoxy) is 2. The molecule has 8 nitrogen and oxygen atoms in total. The predicted molar refractivity (Wildman–Crippen MR) is 106 cm³/mol. The van der Waals surface area contributed by atoms with Gasteiger partial charge < -0.3 is 9.47 Å². The Bertz CT molecular complexity index is 937. The molecule has 0 aliphatic heterocycles. The summed E-state index contributed by atoms with van der Waals surface area (Å²) in [6.45, 7) is 2.41. The van der Waals surface area contributed by atoms with E-state index >= 15 is 0 Å². The number of hydrogen-bond donors (Lipinski definition) is 0. The second-order valence-electron chi connectivity index (χ2n) is 6.30. The average molecular weight is 394 g/mol. The quantitative estimate of drug-likeness (QED) is 0.395. The van der Waals surface area contributed by atoms with Crippen molar-refractivity contribution in [2.45, 2.75) is 20.1 Å². The van der Waals surface area contributed by atoms with E-state index in [1.54, 1.807) is 24.3 Å². The normalized spacial score (nSPS) is 10.4. The Kier molecular flexibility index (Phi) is 6.03. The third kappa shape index (κ3) is 5.07. The van der Waals surface area contributed by atoms with Crippen LogP contribution < -0.4 is 9.47 Å². The molecule has 0 heterocycles. The lowest BCUT2D eigenvalue weighted by Gasteiger charge is -2.14. The van der Waals surface area contributed by atoms with Gasteiger partial charge in [0.05, 0.1) is 9.85 Å². The Hall–Kier alpha value is -3.94. The van der Waals surface area contributed by atoms with Gasteiger partial charge >= 0.3 is 0 Å². The van der Waals surface area contributed by atoms with Gasteiger partial charge in [-0.15, -0.1) is 0 Å². The second-order valence-corrected chi connectivity index (χ2v) is 6.30. The molecule has 0 bridgehead atoms. The SMILES string of the molecule is Cc1c(OCc2ccc([N+](=O)[O-])cc2)cccc1OCc1ccc([N+](=O)[O-])cc1. The van der Waals surface area contributed by atoms with E-state index in [2.05, 4.69) is 0 Å². The van der Waals surface area contributed by atoms with Crippen molar-refractivity contribution in [3.05, 3.63) is 104 Å². The molecule has 0 aliphatic rings. The van der Waals surface area contributed by atoms with Crippen molar-refractivity contribution in [2.24, 2.45) is 0 Å². The highest BCUT2D eigenvalue weighted by molar-refractivity contribution is 5.44. The fraction of sp³-hybridized carbons (Fsp3) is 0.143. The van der Waals surface area contributed by atoms with Crippen LogP contribution in [0.4, 0.5) is 11.4 Å². The van der Waals surface area contributed by atoms with Gasteiger partial charge in [-0.1, -0.05) is 6.07 Å². The van der Waals surface area contributed by atoms with Gasteiger partial charge in [0.15, 0.2) is 0 Å². The van der Waals surface area contributed by atoms with Gasteiger partial charge in [0.1, 0.15) is 24.7 Å². The van der Waals surface area contributed by atoms with Crippen molar-refractivity contribution >= 4 is 11.4 Å². The molecule has 0 saturated carbocycles. The van der Waals surface area contributed by atoms with E-state index in [0.29, 0.717) is 11.5 Å². The standard InChI is InChI=1S/C21H18N2O6/c1-15-20(28-13-16-5-9-18(10-6-16)22(24)25)3-2-4-21(15)29-14-17-7-11-19(12-8-17)23(26)27/h2-12H,13-14H2,1H3. The number of hydrogen-bond acceptors (Lipinski definition) is 6. The molecule has 0 spiro atoms. The average Bonchev–Trinajstić information content (AvgIpc) is 2.72. The summed E-state index contributed by atoms with van der Waals surface area (Å²) in [4.78, 5) is 20.5. The summed E-state index contributed by atoms with van der Waals surface area (Å²) in [5, 5.41) is 21.4. The first kappa shape index (κ1) is 19.8. The van der Waals surface area contributed by atoms with Gasteiger partial charge in [-0.2, -0.15) is 0 Å². The van der Waals surface area contributed by atoms with Crippen molar-refractivity contribution in [3.63, 3.8) is 0 Å². The van der Waals surface area contributed by atoms with Crippen molar-refractivity contribution in [2.75, 3.05) is 0 Å². The summed E-state index contributed by atoms with van der Waals surface area (Å²) in [5.41, 5.74) is 2.51. The predicted octanol–water partition coefficient (Wildman–Crippen LogP) is 4.97. The molecule has 0 radical (unpaired) electrons. The monoisotopic (exact) mass is 394 g/mol. The summed E-state index contributed by atoms with van der Waals surface area (Å²) in [6, 6.07) is 17.8. The first-order valence-electron chi connectivity index (χ1n) is 8.76. The Balaban J connectivity index is 1.62. The van der Waals surface area contributed by atoms with E-state index in [4.69, 9.17) is 9.47 Å². The van der Waals surface area contributed by atoms with Gasteiger partial charge in [-0.3, -0.25) is 20.2 Å². The molecule has 0 N–H and O–H groups in total. The van der Waals surface area contributed by atoms with Crippen LogP contribution in [0.15, 0.2) is 66.7 Å². The van der Waals surface area contributed by atoms with Gasteiger partial charge in [0.2, 0.25) is 0 Å². The van der Waals surface area contributed by atoms with Crippen LogP contribution in [0.2, 0.25) is 0 Å². The molecule has 0 atom stereocenters. The first-order chi connectivity index (χ1) is 13.9. The molecule has 0 amide bonds. The molecule has 0 saturated heterocycles. The largest absolute Gasteiger partial charge is 0.488 e. The number of benzene rings is 3. The minimum atomic E-state index is -0.444. The maximum atomic E-state index is 10.7. The Morgan fingerprint density at radius 1 is 0.690 bits per heavy atom. The van der Waals surface area contributed by atoms with Crippen LogP contribution in [0.1, 0.15) is 16.7 Å². The molecule has 29 heavy (non-hydrogen) atoms. The zero-order valence-electron chi connectivity index (χ0n) is 15.6. The minimum absolute atomic E-state index is 0.0339. The van der Waals surface area contributed by atoms with E-state index in [1.807, 2.05) is 25.1 Å². The van der Waals surface area contributed by atoms with Crippen LogP contribution in [0.25, 0.3) is 0 Å². The zero-order valence-corrected chi connectivity index (χ0v) is 15.6. The van der Waals surface area contributed by atoms with Crippen LogP contribution in [-0.4, -0.2) is 9.85 Å². The van der Waals surface area contributed by atoms with Crippen LogP contribution >= 0.6 is 0 Å². The topological polar surface area (TPSA) is 105 Å². The fourth-order valence-corrected chi connectivity index (χ4v) is 2.66. The summed E-state index contributed by atoms with van der Waals surface area (Å²) in [6.07, 6.45) is 0. The number of rotatable bonds is 8. The summed E-state index contributed by atoms with van der Waals surface area (Å²) in [7, 11) is 0. The van der Waals surface area contributed by atoms with E-state index < -0.39 is 9.85 Å². The van der Waals surface area contributed by atoms with E-state index in [9.17, 15) is 20.2 Å². The minimum Gasteiger partial charge on any atom is -0.488 e. The third-order valence-corrected chi connectivity index (χ3v) is 4.32. The Morgan fingerprint density at radius 3 is 1.41 bits per heavy atom. The number of nitrogens with zero attached hydrogens (tertiary/aromatic N) is 2. The zero-order chi connectivity index (χ0) is 20.8. The number of nitro groups is 2. The Morgan fingerprint density at radius 2 is 1.07 bits per heavy atom. The first-order valence-corrected chi connectivity index (χ1v) is 8.76. The van der Waals surface area contributed by atoms with Crippen LogP contribution in [0, 0.1) is 27.2 Å². The molecule has 3 aromatic rings. The molecule has 0 aromatic heterocycles. The molecule has 0 aliphatic carbocycles. The van der Waals surface area contributed by atoms with E-state index in [1.165, 1.54) is 24.3 Å². The van der Waals surface area contributed by atoms with E-state index in [-0.39, 0.29) is 24.6 Å². The van der Waals surface area contributed by atoms with E-state index in [0.717, 1.165) is 16.7 Å². The molecule has 3 aromatic carbocycles. The van der Waals surface area contributed by atoms with Crippen molar-refractivity contribution < 1.29 is 19.3 Å². The maximum absolute atomic E-state index is 10.7. The molecular weight excluding hydrogens is 376 g/mol. The lowest BCUT2D eigenvalue weighted by Crippen LogP contribution is -2.01. The second kappa shape index (κ2) is 8.83. The van der Waals surface area contributed by atoms with Crippen molar-refractivity contribution in [1.82, 2.24) is 0 Å². The molecule has 8 heteroatoms. The smallest absolute Gasteiger partial charge is 0.269 e. The molecule has 148 valence electrons. The number of non-ortho nitro benzene ring substituents is 2. The molecule has 0 fully saturated rings. The highest BCUT2D eigenvalue weighted by Crippen LogP contribution is 2.29. The molecule has 0 unspecified atom stereocenters. The van der Waals surface area contributed by atoms with Crippen LogP contribution in [0.3, 0.4) is 0 Å². The third-order valence-electron chi connectivity index (χ3n) is 4.32. The highest BCUT2D eigenvalue weighted by Gasteiger charge is 2.09. The molecule has 3 rings (SSSR count). The Labute approximate surface area is 166 Å². The summed E-state index contributed by atoms with van der Waals surface area (Å²) < 4.78 is 11.7. The van der Waals surface area contributed by atoms with Crippen molar-refractivity contribution in [1.29, 1.82) is 0 Å². The van der Waals surface area contributed by atoms with Gasteiger partial charge in [0, 0.05) is 29.8 Å². The lowest BCUT2D eigenvalue weighted by atomic mass is 10.2. The van der Waals surface area contributed by atoms with Gasteiger partial charge in [-0.25, -0.2) is 0 Å². The molecular formula is C21H18N2O6. The van der Waals surface area contributed by atoms with Gasteiger partial charge in [0.25, 0.3) is 11.4 Å². The number of nitro benzene ring substituents is 2. The van der Waals surface area contributed by atoms with Crippen LogP contribution in [-0.2, 0) is 13.2 Å². The highest BCUT2D eigenvalue weighted by atomic mass is 16.6. The summed E-state index contributed by atoms with van der Waals surface area (Å²) in [5.74, 6) is 1.29. The van der Waals surface area contributed by atoms with Gasteiger partial charge in [-0.05, 0) is 54.4 Å². The summed E-state index contributed by atoms with van der Waals surface area (Å²) >= 11 is 0. The van der Waals surface area contributed by atoms with Crippen LogP contribution in [0.5, 0.6) is 11.5 Å². The lowest BCUT2D eigenvalue weighted by molar-refractivity contribution is -0.385.